The van der Waals surface area contributed by atoms with E-state index in [0.29, 0.717) is 11.5 Å². The Morgan fingerprint density at radius 2 is 2.11 bits per heavy atom. The molecule has 0 aliphatic carbocycles. The summed E-state index contributed by atoms with van der Waals surface area (Å²) in [6.07, 6.45) is 0.122. The summed E-state index contributed by atoms with van der Waals surface area (Å²) in [5.41, 5.74) is 7.69. The van der Waals surface area contributed by atoms with Crippen molar-refractivity contribution in [2.45, 2.75) is 19.4 Å². The lowest BCUT2D eigenvalue weighted by Crippen LogP contribution is -2.32. The molecule has 0 aliphatic heterocycles. The molecular weight excluding hydrogens is 249 g/mol. The summed E-state index contributed by atoms with van der Waals surface area (Å²) in [5, 5.41) is 8.76. The Labute approximate surface area is 109 Å². The van der Waals surface area contributed by atoms with Crippen LogP contribution in [0.25, 0.3) is 11.3 Å². The fourth-order valence-corrected chi connectivity index (χ4v) is 1.80. The van der Waals surface area contributed by atoms with E-state index in [9.17, 15) is 9.18 Å². The number of halogens is 1. The summed E-state index contributed by atoms with van der Waals surface area (Å²) < 4.78 is 12.9. The highest BCUT2D eigenvalue weighted by atomic mass is 19.1. The number of nitrogens with two attached hydrogens (primary N) is 1. The molecule has 1 unspecified atom stereocenters. The van der Waals surface area contributed by atoms with Gasteiger partial charge in [-0.1, -0.05) is 0 Å². The van der Waals surface area contributed by atoms with Crippen LogP contribution in [0.15, 0.2) is 24.3 Å². The van der Waals surface area contributed by atoms with E-state index in [1.807, 2.05) is 6.92 Å². The number of aromatic amines is 1. The Morgan fingerprint density at radius 1 is 1.47 bits per heavy atom. The molecule has 1 atom stereocenters. The van der Waals surface area contributed by atoms with Crippen LogP contribution >= 0.6 is 0 Å². The lowest BCUT2D eigenvalue weighted by molar-refractivity contribution is -0.138. The number of carbonyl (C=O) groups is 1. The number of benzene rings is 1. The summed E-state index contributed by atoms with van der Waals surface area (Å²) >= 11 is 0. The Hall–Kier alpha value is -2.21. The van der Waals surface area contributed by atoms with Crippen LogP contribution in [0, 0.1) is 12.7 Å². The zero-order valence-electron chi connectivity index (χ0n) is 10.4. The van der Waals surface area contributed by atoms with Crippen LogP contribution in [0.3, 0.4) is 0 Å². The predicted octanol–water partition coefficient (Wildman–Crippen LogP) is 1.48. The van der Waals surface area contributed by atoms with Gasteiger partial charge >= 0.3 is 5.97 Å². The van der Waals surface area contributed by atoms with Crippen molar-refractivity contribution in [1.29, 1.82) is 0 Å². The highest BCUT2D eigenvalue weighted by Crippen LogP contribution is 2.21. The minimum Gasteiger partial charge on any atom is -0.480 e. The number of aliphatic carboxylic acids is 1. The van der Waals surface area contributed by atoms with Crippen LogP contribution in [0.5, 0.6) is 0 Å². The summed E-state index contributed by atoms with van der Waals surface area (Å²) in [6.45, 7) is 1.82. The number of H-pyrrole nitrogens is 1. The number of carboxylic acids is 1. The topological polar surface area (TPSA) is 92.0 Å². The van der Waals surface area contributed by atoms with Gasteiger partial charge in [0, 0.05) is 17.7 Å². The van der Waals surface area contributed by atoms with Gasteiger partial charge in [0.1, 0.15) is 17.7 Å². The average Bonchev–Trinajstić information content (AvgIpc) is 2.71. The van der Waals surface area contributed by atoms with Crippen molar-refractivity contribution < 1.29 is 14.3 Å². The molecule has 1 heterocycles. The second-order valence-electron chi connectivity index (χ2n) is 4.31. The van der Waals surface area contributed by atoms with Crippen molar-refractivity contribution in [2.24, 2.45) is 5.73 Å². The number of aromatic nitrogens is 2. The molecule has 0 bridgehead atoms. The van der Waals surface area contributed by atoms with E-state index in [4.69, 9.17) is 10.8 Å². The van der Waals surface area contributed by atoms with Crippen molar-refractivity contribution in [3.05, 3.63) is 41.6 Å². The van der Waals surface area contributed by atoms with E-state index in [-0.39, 0.29) is 12.2 Å². The van der Waals surface area contributed by atoms with E-state index in [1.54, 1.807) is 12.1 Å². The van der Waals surface area contributed by atoms with Gasteiger partial charge in [-0.2, -0.15) is 0 Å². The van der Waals surface area contributed by atoms with Gasteiger partial charge in [-0.3, -0.25) is 4.79 Å². The largest absolute Gasteiger partial charge is 0.480 e. The van der Waals surface area contributed by atoms with Gasteiger partial charge in [0.2, 0.25) is 0 Å². The molecular formula is C13H14FN3O2. The van der Waals surface area contributed by atoms with Crippen LogP contribution in [0.4, 0.5) is 4.39 Å². The van der Waals surface area contributed by atoms with Crippen molar-refractivity contribution >= 4 is 5.97 Å². The smallest absolute Gasteiger partial charge is 0.320 e. The molecule has 0 fully saturated rings. The fourth-order valence-electron chi connectivity index (χ4n) is 1.80. The molecule has 0 saturated carbocycles. The lowest BCUT2D eigenvalue weighted by Gasteiger charge is -2.02. The Bertz CT molecular complexity index is 592. The summed E-state index contributed by atoms with van der Waals surface area (Å²) in [6, 6.07) is 4.96. The molecule has 0 amide bonds. The minimum absolute atomic E-state index is 0.122. The van der Waals surface area contributed by atoms with Crippen LogP contribution in [0.1, 0.15) is 11.5 Å². The SMILES string of the molecule is Cc1[nH]c(CC(N)C(=O)O)nc1-c1ccc(F)cc1. The predicted molar refractivity (Wildman–Crippen MR) is 68.0 cm³/mol. The molecule has 4 N–H and O–H groups in total. The number of nitrogens with zero attached hydrogens (tertiary/aromatic N) is 1. The summed E-state index contributed by atoms with van der Waals surface area (Å²) in [4.78, 5) is 18.0. The molecule has 100 valence electrons. The first-order valence-corrected chi connectivity index (χ1v) is 5.77. The first kappa shape index (κ1) is 13.2. The van der Waals surface area contributed by atoms with Gasteiger partial charge in [-0.25, -0.2) is 9.37 Å². The number of carboxylic acid groups (broad SMARTS) is 1. The molecule has 5 nitrogen and oxygen atoms in total. The van der Waals surface area contributed by atoms with Crippen molar-refractivity contribution in [3.63, 3.8) is 0 Å². The second-order valence-corrected chi connectivity index (χ2v) is 4.31. The van der Waals surface area contributed by atoms with E-state index in [1.165, 1.54) is 12.1 Å². The normalized spacial score (nSPS) is 12.4. The first-order valence-electron chi connectivity index (χ1n) is 5.77. The number of rotatable bonds is 4. The second kappa shape index (κ2) is 5.19. The standard InChI is InChI=1S/C13H14FN3O2/c1-7-12(8-2-4-9(14)5-3-8)17-11(16-7)6-10(15)13(18)19/h2-5,10H,6,15H2,1H3,(H,16,17)(H,18,19). The summed E-state index contributed by atoms with van der Waals surface area (Å²) in [7, 11) is 0. The third-order valence-corrected chi connectivity index (χ3v) is 2.78. The third-order valence-electron chi connectivity index (χ3n) is 2.78. The molecule has 2 rings (SSSR count). The molecule has 0 radical (unpaired) electrons. The van der Waals surface area contributed by atoms with Crippen molar-refractivity contribution in [1.82, 2.24) is 9.97 Å². The zero-order valence-corrected chi connectivity index (χ0v) is 10.4. The molecule has 0 spiro atoms. The van der Waals surface area contributed by atoms with Gasteiger partial charge in [0.05, 0.1) is 5.69 Å². The minimum atomic E-state index is -1.07. The zero-order chi connectivity index (χ0) is 14.0. The highest BCUT2D eigenvalue weighted by Gasteiger charge is 2.16. The van der Waals surface area contributed by atoms with E-state index >= 15 is 0 Å². The van der Waals surface area contributed by atoms with Gasteiger partial charge in [0.25, 0.3) is 0 Å². The number of imidazole rings is 1. The van der Waals surface area contributed by atoms with E-state index < -0.39 is 12.0 Å². The van der Waals surface area contributed by atoms with E-state index in [2.05, 4.69) is 9.97 Å². The van der Waals surface area contributed by atoms with Crippen LogP contribution in [-0.4, -0.2) is 27.1 Å². The molecule has 0 aliphatic rings. The van der Waals surface area contributed by atoms with Crippen molar-refractivity contribution in [3.8, 4) is 11.3 Å². The Morgan fingerprint density at radius 3 is 2.68 bits per heavy atom. The van der Waals surface area contributed by atoms with Gasteiger partial charge < -0.3 is 15.8 Å². The maximum Gasteiger partial charge on any atom is 0.320 e. The average molecular weight is 263 g/mol. The summed E-state index contributed by atoms with van der Waals surface area (Å²) in [5.74, 6) is -0.880. The molecule has 1 aromatic carbocycles. The third kappa shape index (κ3) is 2.97. The van der Waals surface area contributed by atoms with Crippen LogP contribution in [0.2, 0.25) is 0 Å². The van der Waals surface area contributed by atoms with Crippen LogP contribution in [-0.2, 0) is 11.2 Å². The Balaban J connectivity index is 2.26. The number of aryl methyl sites for hydroxylation is 1. The monoisotopic (exact) mass is 263 g/mol. The molecule has 2 aromatic rings. The number of hydrogen-bond donors (Lipinski definition) is 3. The molecule has 0 saturated heterocycles. The molecule has 6 heteroatoms. The number of nitrogens with one attached hydrogen (secondary N) is 1. The quantitative estimate of drug-likeness (QED) is 0.779. The van der Waals surface area contributed by atoms with Gasteiger partial charge in [-0.15, -0.1) is 0 Å². The van der Waals surface area contributed by atoms with E-state index in [0.717, 1.165) is 11.3 Å². The number of hydrogen-bond acceptors (Lipinski definition) is 3. The maximum atomic E-state index is 12.9. The molecule has 19 heavy (non-hydrogen) atoms. The van der Waals surface area contributed by atoms with Gasteiger partial charge in [0.15, 0.2) is 0 Å². The van der Waals surface area contributed by atoms with Crippen molar-refractivity contribution in [2.75, 3.05) is 0 Å². The highest BCUT2D eigenvalue weighted by molar-refractivity contribution is 5.73. The fraction of sp³-hybridized carbons (Fsp3) is 0.231. The first-order chi connectivity index (χ1) is 8.97. The maximum absolute atomic E-state index is 12.9. The Kier molecular flexibility index (Phi) is 3.62. The molecule has 1 aromatic heterocycles. The van der Waals surface area contributed by atoms with Crippen LogP contribution < -0.4 is 5.73 Å². The lowest BCUT2D eigenvalue weighted by atomic mass is 10.1. The van der Waals surface area contributed by atoms with Gasteiger partial charge in [-0.05, 0) is 31.2 Å².